The molecule has 6 nitrogen and oxygen atoms in total. The number of aliphatic carboxylic acids is 1. The number of benzene rings is 1. The molecule has 1 fully saturated rings. The number of nitrogens with zero attached hydrogens (tertiary/aromatic N) is 1. The van der Waals surface area contributed by atoms with E-state index in [1.54, 1.807) is 11.0 Å². The van der Waals surface area contributed by atoms with Gasteiger partial charge in [-0.3, -0.25) is 4.79 Å². The van der Waals surface area contributed by atoms with E-state index in [0.717, 1.165) is 6.07 Å². The highest BCUT2D eigenvalue weighted by Crippen LogP contribution is 2.37. The molecule has 2 rings (SSSR count). The third kappa shape index (κ3) is 4.77. The number of carboxylic acid groups (broad SMARTS) is 1. The van der Waals surface area contributed by atoms with Crippen molar-refractivity contribution in [3.8, 4) is 0 Å². The van der Waals surface area contributed by atoms with Gasteiger partial charge in [-0.1, -0.05) is 12.1 Å². The number of para-hydroxylation sites is 1. The maximum Gasteiger partial charge on any atom is 0.418 e. The van der Waals surface area contributed by atoms with E-state index in [1.807, 2.05) is 0 Å². The lowest BCUT2D eigenvalue weighted by Crippen LogP contribution is -2.44. The molecular formula is C15H18F3N3O3. The quantitative estimate of drug-likeness (QED) is 0.763. The van der Waals surface area contributed by atoms with E-state index < -0.39 is 23.7 Å². The minimum atomic E-state index is -4.43. The van der Waals surface area contributed by atoms with Crippen molar-refractivity contribution in [3.63, 3.8) is 0 Å². The van der Waals surface area contributed by atoms with Crippen LogP contribution in [0.1, 0.15) is 18.4 Å². The molecule has 0 radical (unpaired) electrons. The highest BCUT2D eigenvalue weighted by Gasteiger charge is 2.36. The van der Waals surface area contributed by atoms with Crippen LogP contribution < -0.4 is 15.5 Å². The van der Waals surface area contributed by atoms with Gasteiger partial charge in [0.05, 0.1) is 12.0 Å². The van der Waals surface area contributed by atoms with Crippen LogP contribution in [0.3, 0.4) is 0 Å². The fourth-order valence-electron chi connectivity index (χ4n) is 2.61. The van der Waals surface area contributed by atoms with E-state index in [1.165, 1.54) is 12.1 Å². The third-order valence-corrected chi connectivity index (χ3v) is 3.70. The topological polar surface area (TPSA) is 81.7 Å². The molecule has 1 aliphatic heterocycles. The standard InChI is InChI=1S/C15H18F3N3O3/c16-15(17,18)11-3-1-2-4-12(11)21-8-6-10(9-21)20-14(24)19-7-5-13(22)23/h1-4,10H,5-9H2,(H,22,23)(H2,19,20,24). The second-order valence-electron chi connectivity index (χ2n) is 5.49. The van der Waals surface area contributed by atoms with Crippen molar-refractivity contribution in [2.75, 3.05) is 24.5 Å². The molecule has 0 bridgehead atoms. The van der Waals surface area contributed by atoms with Gasteiger partial charge in [-0.2, -0.15) is 13.2 Å². The first-order valence-electron chi connectivity index (χ1n) is 7.44. The normalized spacial score (nSPS) is 17.6. The van der Waals surface area contributed by atoms with E-state index in [9.17, 15) is 22.8 Å². The van der Waals surface area contributed by atoms with Crippen LogP contribution in [-0.2, 0) is 11.0 Å². The summed E-state index contributed by atoms with van der Waals surface area (Å²) in [5, 5.41) is 13.5. The van der Waals surface area contributed by atoms with Crippen LogP contribution in [0, 0.1) is 0 Å². The van der Waals surface area contributed by atoms with Crippen LogP contribution in [0.5, 0.6) is 0 Å². The summed E-state index contributed by atoms with van der Waals surface area (Å²) in [6.07, 6.45) is -4.11. The number of carbonyl (C=O) groups excluding carboxylic acids is 1. The van der Waals surface area contributed by atoms with Crippen molar-refractivity contribution < 1.29 is 27.9 Å². The van der Waals surface area contributed by atoms with Crippen molar-refractivity contribution >= 4 is 17.7 Å². The maximum atomic E-state index is 13.1. The molecule has 0 spiro atoms. The molecule has 1 aromatic carbocycles. The second kappa shape index (κ2) is 7.41. The maximum absolute atomic E-state index is 13.1. The average molecular weight is 345 g/mol. The van der Waals surface area contributed by atoms with Gasteiger partial charge in [0.1, 0.15) is 0 Å². The fraction of sp³-hybridized carbons (Fsp3) is 0.467. The average Bonchev–Trinajstić information content (AvgIpc) is 2.94. The summed E-state index contributed by atoms with van der Waals surface area (Å²) < 4.78 is 39.2. The van der Waals surface area contributed by atoms with Crippen molar-refractivity contribution in [1.82, 2.24) is 10.6 Å². The van der Waals surface area contributed by atoms with Gasteiger partial charge in [0.15, 0.2) is 0 Å². The third-order valence-electron chi connectivity index (χ3n) is 3.70. The number of nitrogens with one attached hydrogen (secondary N) is 2. The zero-order valence-electron chi connectivity index (χ0n) is 12.8. The second-order valence-corrected chi connectivity index (χ2v) is 5.49. The summed E-state index contributed by atoms with van der Waals surface area (Å²) in [5.41, 5.74) is -0.600. The van der Waals surface area contributed by atoms with Crippen LogP contribution in [0.4, 0.5) is 23.7 Å². The molecule has 1 heterocycles. The molecule has 1 saturated heterocycles. The Kier molecular flexibility index (Phi) is 5.53. The molecule has 0 aromatic heterocycles. The minimum absolute atomic E-state index is 0.00545. The predicted molar refractivity (Wildman–Crippen MR) is 80.8 cm³/mol. The lowest BCUT2D eigenvalue weighted by molar-refractivity contribution is -0.137. The lowest BCUT2D eigenvalue weighted by atomic mass is 10.1. The SMILES string of the molecule is O=C(O)CCNC(=O)NC1CCN(c2ccccc2C(F)(F)F)C1. The Morgan fingerprint density at radius 1 is 1.29 bits per heavy atom. The summed E-state index contributed by atoms with van der Waals surface area (Å²) in [5.74, 6) is -1.02. The molecule has 9 heteroatoms. The minimum Gasteiger partial charge on any atom is -0.481 e. The highest BCUT2D eigenvalue weighted by atomic mass is 19.4. The summed E-state index contributed by atoms with van der Waals surface area (Å²) in [6, 6.07) is 4.52. The molecule has 1 atom stereocenters. The van der Waals surface area contributed by atoms with Crippen molar-refractivity contribution in [2.45, 2.75) is 25.1 Å². The Bertz CT molecular complexity index is 607. The summed E-state index contributed by atoms with van der Waals surface area (Å²) in [7, 11) is 0. The van der Waals surface area contributed by atoms with Crippen molar-refractivity contribution in [1.29, 1.82) is 0 Å². The van der Waals surface area contributed by atoms with Gasteiger partial charge >= 0.3 is 18.2 Å². The highest BCUT2D eigenvalue weighted by molar-refractivity contribution is 5.75. The molecular weight excluding hydrogens is 327 g/mol. The van der Waals surface area contributed by atoms with E-state index in [0.29, 0.717) is 13.0 Å². The Labute approximate surface area is 136 Å². The Balaban J connectivity index is 1.92. The lowest BCUT2D eigenvalue weighted by Gasteiger charge is -2.23. The number of rotatable bonds is 5. The van der Waals surface area contributed by atoms with E-state index in [-0.39, 0.29) is 31.2 Å². The van der Waals surface area contributed by atoms with Crippen molar-refractivity contribution in [3.05, 3.63) is 29.8 Å². The summed E-state index contributed by atoms with van der Waals surface area (Å²) >= 11 is 0. The molecule has 24 heavy (non-hydrogen) atoms. The molecule has 1 unspecified atom stereocenters. The van der Waals surface area contributed by atoms with Crippen LogP contribution in [0.15, 0.2) is 24.3 Å². The summed E-state index contributed by atoms with van der Waals surface area (Å²) in [4.78, 5) is 23.6. The number of amides is 2. The molecule has 2 amide bonds. The number of carboxylic acids is 1. The number of hydrogen-bond acceptors (Lipinski definition) is 3. The van der Waals surface area contributed by atoms with Crippen LogP contribution in [0.25, 0.3) is 0 Å². The van der Waals surface area contributed by atoms with Gasteiger partial charge in [0.25, 0.3) is 0 Å². The number of hydrogen-bond donors (Lipinski definition) is 3. The number of halogens is 3. The van der Waals surface area contributed by atoms with E-state index in [2.05, 4.69) is 10.6 Å². The molecule has 3 N–H and O–H groups in total. The Morgan fingerprint density at radius 2 is 2.00 bits per heavy atom. The number of carbonyl (C=O) groups is 2. The molecule has 132 valence electrons. The van der Waals surface area contributed by atoms with Crippen LogP contribution >= 0.6 is 0 Å². The van der Waals surface area contributed by atoms with Gasteiger partial charge in [0.2, 0.25) is 0 Å². The predicted octanol–water partition coefficient (Wildman–Crippen LogP) is 2.06. The number of urea groups is 1. The van der Waals surface area contributed by atoms with Gasteiger partial charge in [-0.05, 0) is 18.6 Å². The first kappa shape index (κ1) is 17.9. The zero-order valence-corrected chi connectivity index (χ0v) is 12.8. The largest absolute Gasteiger partial charge is 0.481 e. The van der Waals surface area contributed by atoms with E-state index >= 15 is 0 Å². The molecule has 1 aliphatic rings. The summed E-state index contributed by atoms with van der Waals surface area (Å²) in [6.45, 7) is 0.654. The Hall–Kier alpha value is -2.45. The van der Waals surface area contributed by atoms with Crippen molar-refractivity contribution in [2.24, 2.45) is 0 Å². The zero-order chi connectivity index (χ0) is 17.7. The van der Waals surface area contributed by atoms with Gasteiger partial charge in [-0.15, -0.1) is 0 Å². The van der Waals surface area contributed by atoms with E-state index in [4.69, 9.17) is 5.11 Å². The smallest absolute Gasteiger partial charge is 0.418 e. The monoisotopic (exact) mass is 345 g/mol. The molecule has 0 aliphatic carbocycles. The van der Waals surface area contributed by atoms with Gasteiger partial charge in [-0.25, -0.2) is 4.79 Å². The van der Waals surface area contributed by atoms with Gasteiger partial charge < -0.3 is 20.6 Å². The first-order chi connectivity index (χ1) is 11.3. The first-order valence-corrected chi connectivity index (χ1v) is 7.44. The van der Waals surface area contributed by atoms with Crippen LogP contribution in [0.2, 0.25) is 0 Å². The number of alkyl halides is 3. The Morgan fingerprint density at radius 3 is 2.67 bits per heavy atom. The number of anilines is 1. The van der Waals surface area contributed by atoms with Gasteiger partial charge in [0, 0.05) is 31.4 Å². The molecule has 0 saturated carbocycles. The van der Waals surface area contributed by atoms with Crippen LogP contribution in [-0.4, -0.2) is 42.8 Å². The molecule has 1 aromatic rings. The fourth-order valence-corrected chi connectivity index (χ4v) is 2.61.